The third-order valence-electron chi connectivity index (χ3n) is 1.58. The van der Waals surface area contributed by atoms with Crippen molar-refractivity contribution in [3.63, 3.8) is 0 Å². The van der Waals surface area contributed by atoms with Gasteiger partial charge in [-0.3, -0.25) is 0 Å². The van der Waals surface area contributed by atoms with E-state index in [0.29, 0.717) is 6.42 Å². The molecule has 1 rings (SSSR count). The predicted octanol–water partition coefficient (Wildman–Crippen LogP) is 1.19. The molecule has 0 unspecified atom stereocenters. The van der Waals surface area contributed by atoms with E-state index < -0.39 is 5.97 Å². The lowest BCUT2D eigenvalue weighted by molar-refractivity contribution is 0.0689. The second kappa shape index (κ2) is 5.53. The summed E-state index contributed by atoms with van der Waals surface area (Å²) in [4.78, 5) is 14.4. The Balaban J connectivity index is 2.74. The molecule has 0 aliphatic carbocycles. The fourth-order valence-electron chi connectivity index (χ4n) is 0.896. The molecule has 0 aromatic carbocycles. The van der Waals surface area contributed by atoms with Crippen molar-refractivity contribution in [2.75, 3.05) is 13.2 Å². The molecule has 0 spiro atoms. The molecule has 0 bridgehead atoms. The van der Waals surface area contributed by atoms with Gasteiger partial charge in [-0.1, -0.05) is 11.6 Å². The van der Waals surface area contributed by atoms with Crippen LogP contribution in [-0.2, 0) is 0 Å². The van der Waals surface area contributed by atoms with Crippen LogP contribution < -0.4 is 4.74 Å². The van der Waals surface area contributed by atoms with Crippen molar-refractivity contribution in [3.05, 3.63) is 22.8 Å². The van der Waals surface area contributed by atoms with Gasteiger partial charge in [-0.05, 0) is 6.07 Å². The molecule has 5 nitrogen and oxygen atoms in total. The summed E-state index contributed by atoms with van der Waals surface area (Å²) in [5, 5.41) is 17.3. The standard InChI is InChI=1S/C9H10ClNO4/c10-6-2-3-7(15-5-1-4-12)11-8(6)9(13)14/h2-3,12H,1,4-5H2,(H,13,14). The number of aromatic carboxylic acids is 1. The number of aliphatic hydroxyl groups excluding tert-OH is 1. The van der Waals surface area contributed by atoms with Crippen LogP contribution in [0, 0.1) is 0 Å². The minimum absolute atomic E-state index is 0.0133. The Hall–Kier alpha value is -1.33. The molecule has 0 radical (unpaired) electrons. The molecule has 0 aliphatic rings. The Bertz CT molecular complexity index is 356. The van der Waals surface area contributed by atoms with Crippen LogP contribution in [0.3, 0.4) is 0 Å². The van der Waals surface area contributed by atoms with Gasteiger partial charge < -0.3 is 14.9 Å². The zero-order valence-corrected chi connectivity index (χ0v) is 8.57. The number of carboxylic acids is 1. The highest BCUT2D eigenvalue weighted by molar-refractivity contribution is 6.33. The second-order valence-electron chi connectivity index (χ2n) is 2.71. The van der Waals surface area contributed by atoms with Crippen LogP contribution in [0.1, 0.15) is 16.9 Å². The van der Waals surface area contributed by atoms with Crippen LogP contribution in [0.25, 0.3) is 0 Å². The van der Waals surface area contributed by atoms with E-state index in [1.54, 1.807) is 0 Å². The Morgan fingerprint density at radius 2 is 2.27 bits per heavy atom. The SMILES string of the molecule is O=C(O)c1nc(OCCCO)ccc1Cl. The van der Waals surface area contributed by atoms with Crippen molar-refractivity contribution in [1.82, 2.24) is 4.98 Å². The normalized spacial score (nSPS) is 10.0. The van der Waals surface area contributed by atoms with E-state index in [-0.39, 0.29) is 29.8 Å². The summed E-state index contributed by atoms with van der Waals surface area (Å²) in [6.45, 7) is 0.295. The van der Waals surface area contributed by atoms with Crippen LogP contribution in [-0.4, -0.2) is 34.4 Å². The van der Waals surface area contributed by atoms with Crippen LogP contribution in [0.2, 0.25) is 5.02 Å². The molecule has 1 aromatic rings. The van der Waals surface area contributed by atoms with Crippen molar-refractivity contribution in [2.45, 2.75) is 6.42 Å². The number of hydrogen-bond acceptors (Lipinski definition) is 4. The summed E-state index contributed by atoms with van der Waals surface area (Å²) in [7, 11) is 0. The molecule has 1 heterocycles. The quantitative estimate of drug-likeness (QED) is 0.745. The Morgan fingerprint density at radius 1 is 1.53 bits per heavy atom. The number of pyridine rings is 1. The number of carbonyl (C=O) groups is 1. The molecule has 2 N–H and O–H groups in total. The van der Waals surface area contributed by atoms with E-state index in [2.05, 4.69) is 4.98 Å². The number of halogens is 1. The predicted molar refractivity (Wildman–Crippen MR) is 53.4 cm³/mol. The van der Waals surface area contributed by atoms with E-state index in [1.165, 1.54) is 12.1 Å². The van der Waals surface area contributed by atoms with Crippen LogP contribution >= 0.6 is 11.6 Å². The smallest absolute Gasteiger partial charge is 0.356 e. The van der Waals surface area contributed by atoms with Crippen LogP contribution in [0.15, 0.2) is 12.1 Å². The number of aliphatic hydroxyl groups is 1. The van der Waals surface area contributed by atoms with E-state index in [1.807, 2.05) is 0 Å². The minimum Gasteiger partial charge on any atom is -0.478 e. The second-order valence-corrected chi connectivity index (χ2v) is 3.12. The first-order chi connectivity index (χ1) is 7.15. The number of hydrogen-bond donors (Lipinski definition) is 2. The van der Waals surface area contributed by atoms with Gasteiger partial charge in [0.2, 0.25) is 5.88 Å². The summed E-state index contributed by atoms with van der Waals surface area (Å²) >= 11 is 5.61. The summed E-state index contributed by atoms with van der Waals surface area (Å²) in [6, 6.07) is 2.89. The van der Waals surface area contributed by atoms with Gasteiger partial charge in [0.05, 0.1) is 11.6 Å². The molecule has 15 heavy (non-hydrogen) atoms. The molecule has 82 valence electrons. The fraction of sp³-hybridized carbons (Fsp3) is 0.333. The van der Waals surface area contributed by atoms with Crippen LogP contribution in [0.4, 0.5) is 0 Å². The highest BCUT2D eigenvalue weighted by Gasteiger charge is 2.11. The zero-order chi connectivity index (χ0) is 11.3. The molecular weight excluding hydrogens is 222 g/mol. The number of rotatable bonds is 5. The van der Waals surface area contributed by atoms with Crippen LogP contribution in [0.5, 0.6) is 5.88 Å². The number of nitrogens with zero attached hydrogens (tertiary/aromatic N) is 1. The van der Waals surface area contributed by atoms with E-state index in [9.17, 15) is 4.79 Å². The fourth-order valence-corrected chi connectivity index (χ4v) is 1.08. The molecular formula is C9H10ClNO4. The average molecular weight is 232 g/mol. The molecule has 0 saturated heterocycles. The lowest BCUT2D eigenvalue weighted by Crippen LogP contribution is -2.05. The molecule has 0 saturated carbocycles. The van der Waals surface area contributed by atoms with Gasteiger partial charge in [-0.25, -0.2) is 9.78 Å². The minimum atomic E-state index is -1.20. The largest absolute Gasteiger partial charge is 0.478 e. The number of ether oxygens (including phenoxy) is 1. The summed E-state index contributed by atoms with van der Waals surface area (Å²) in [5.74, 6) is -1.02. The van der Waals surface area contributed by atoms with Gasteiger partial charge >= 0.3 is 5.97 Å². The Labute approximate surface area is 91.3 Å². The lowest BCUT2D eigenvalue weighted by atomic mass is 10.3. The first-order valence-corrected chi connectivity index (χ1v) is 4.66. The maximum Gasteiger partial charge on any atom is 0.356 e. The van der Waals surface area contributed by atoms with Crippen molar-refractivity contribution < 1.29 is 19.7 Å². The topological polar surface area (TPSA) is 79.7 Å². The van der Waals surface area contributed by atoms with Gasteiger partial charge in [0.25, 0.3) is 0 Å². The Kier molecular flexibility index (Phi) is 4.33. The summed E-state index contributed by atoms with van der Waals surface area (Å²) < 4.78 is 5.10. The third-order valence-corrected chi connectivity index (χ3v) is 1.88. The van der Waals surface area contributed by atoms with Crippen molar-refractivity contribution >= 4 is 17.6 Å². The van der Waals surface area contributed by atoms with Crippen molar-refractivity contribution in [1.29, 1.82) is 0 Å². The van der Waals surface area contributed by atoms with Gasteiger partial charge in [-0.15, -0.1) is 0 Å². The maximum atomic E-state index is 10.7. The molecule has 0 atom stereocenters. The molecule has 0 aliphatic heterocycles. The van der Waals surface area contributed by atoms with E-state index in [0.717, 1.165) is 0 Å². The maximum absolute atomic E-state index is 10.7. The van der Waals surface area contributed by atoms with E-state index in [4.69, 9.17) is 26.6 Å². The summed E-state index contributed by atoms with van der Waals surface area (Å²) in [5.41, 5.74) is -0.238. The monoisotopic (exact) mass is 231 g/mol. The Morgan fingerprint density at radius 3 is 2.87 bits per heavy atom. The zero-order valence-electron chi connectivity index (χ0n) is 7.81. The first-order valence-electron chi connectivity index (χ1n) is 4.28. The highest BCUT2D eigenvalue weighted by Crippen LogP contribution is 2.17. The first kappa shape index (κ1) is 11.7. The number of carboxylic acid groups (broad SMARTS) is 1. The number of aromatic nitrogens is 1. The van der Waals surface area contributed by atoms with Crippen molar-refractivity contribution in [3.8, 4) is 5.88 Å². The molecule has 0 fully saturated rings. The molecule has 1 aromatic heterocycles. The molecule has 6 heteroatoms. The lowest BCUT2D eigenvalue weighted by Gasteiger charge is -2.05. The van der Waals surface area contributed by atoms with Gasteiger partial charge in [0.15, 0.2) is 5.69 Å². The summed E-state index contributed by atoms with van der Waals surface area (Å²) in [6.07, 6.45) is 0.465. The molecule has 0 amide bonds. The van der Waals surface area contributed by atoms with Gasteiger partial charge in [0.1, 0.15) is 0 Å². The highest BCUT2D eigenvalue weighted by atomic mass is 35.5. The van der Waals surface area contributed by atoms with E-state index >= 15 is 0 Å². The van der Waals surface area contributed by atoms with Crippen molar-refractivity contribution in [2.24, 2.45) is 0 Å². The van der Waals surface area contributed by atoms with Gasteiger partial charge in [0, 0.05) is 19.1 Å². The third kappa shape index (κ3) is 3.38. The average Bonchev–Trinajstić information content (AvgIpc) is 2.20. The van der Waals surface area contributed by atoms with Gasteiger partial charge in [-0.2, -0.15) is 0 Å².